The van der Waals surface area contributed by atoms with Crippen LogP contribution in [0.25, 0.3) is 0 Å². The van der Waals surface area contributed by atoms with Gasteiger partial charge in [0.2, 0.25) is 16.0 Å². The average molecular weight is 268 g/mol. The predicted octanol–water partition coefficient (Wildman–Crippen LogP) is 1.48. The van der Waals surface area contributed by atoms with Crippen molar-refractivity contribution in [1.82, 2.24) is 10.2 Å². The summed E-state index contributed by atoms with van der Waals surface area (Å²) in [5.74, 6) is -1.00. The first-order valence-corrected chi connectivity index (χ1v) is 5.50. The number of nitrogens with two attached hydrogens (primary N) is 1. The van der Waals surface area contributed by atoms with Crippen LogP contribution in [0.1, 0.15) is 18.9 Å². The predicted molar refractivity (Wildman–Crippen MR) is 56.4 cm³/mol. The lowest BCUT2D eigenvalue weighted by molar-refractivity contribution is -0.138. The van der Waals surface area contributed by atoms with Crippen molar-refractivity contribution in [2.45, 2.75) is 26.1 Å². The van der Waals surface area contributed by atoms with Crippen molar-refractivity contribution in [3.63, 3.8) is 0 Å². The van der Waals surface area contributed by atoms with Crippen LogP contribution in [-0.2, 0) is 11.0 Å². The first-order chi connectivity index (χ1) is 7.71. The molecule has 0 aromatic carbocycles. The van der Waals surface area contributed by atoms with Gasteiger partial charge in [-0.25, -0.2) is 0 Å². The van der Waals surface area contributed by atoms with Crippen LogP contribution in [0.5, 0.6) is 0 Å². The second kappa shape index (κ2) is 4.96. The Bertz CT molecular complexity index is 404. The Morgan fingerprint density at radius 2 is 2.00 bits per heavy atom. The monoisotopic (exact) mass is 268 g/mol. The number of rotatable bonds is 3. The number of nitrogens with one attached hydrogen (secondary N) is 1. The minimum absolute atomic E-state index is 0.185. The van der Waals surface area contributed by atoms with Crippen LogP contribution >= 0.6 is 11.3 Å². The van der Waals surface area contributed by atoms with Gasteiger partial charge in [0.25, 0.3) is 0 Å². The fourth-order valence-electron chi connectivity index (χ4n) is 0.846. The summed E-state index contributed by atoms with van der Waals surface area (Å²) in [6.07, 6.45) is -4.55. The van der Waals surface area contributed by atoms with Gasteiger partial charge in [-0.15, -0.1) is 10.2 Å². The average Bonchev–Trinajstić information content (AvgIpc) is 2.64. The fraction of sp³-hybridized carbons (Fsp3) is 0.625. The summed E-state index contributed by atoms with van der Waals surface area (Å²) < 4.78 is 36.6. The molecule has 1 aromatic heterocycles. The van der Waals surface area contributed by atoms with E-state index < -0.39 is 29.1 Å². The number of nitrogens with zero attached hydrogens (tertiary/aromatic N) is 2. The number of anilines is 1. The van der Waals surface area contributed by atoms with E-state index in [1.165, 1.54) is 0 Å². The molecule has 96 valence electrons. The van der Waals surface area contributed by atoms with Crippen LogP contribution < -0.4 is 11.1 Å². The highest BCUT2D eigenvalue weighted by Crippen LogP contribution is 2.33. The molecule has 0 spiro atoms. The van der Waals surface area contributed by atoms with Crippen molar-refractivity contribution in [2.75, 3.05) is 5.32 Å². The smallest absolute Gasteiger partial charge is 0.327 e. The lowest BCUT2D eigenvalue weighted by Crippen LogP contribution is -2.34. The maximum absolute atomic E-state index is 12.2. The number of carbonyl (C=O) groups excluding carboxylic acids is 1. The van der Waals surface area contributed by atoms with Crippen LogP contribution in [0.4, 0.5) is 18.3 Å². The highest BCUT2D eigenvalue weighted by atomic mass is 32.1. The molecule has 2 unspecified atom stereocenters. The van der Waals surface area contributed by atoms with Gasteiger partial charge in [-0.2, -0.15) is 13.2 Å². The van der Waals surface area contributed by atoms with Crippen LogP contribution in [0, 0.1) is 5.92 Å². The van der Waals surface area contributed by atoms with Crippen molar-refractivity contribution in [2.24, 2.45) is 11.7 Å². The lowest BCUT2D eigenvalue weighted by atomic mass is 10.0. The third-order valence-corrected chi connectivity index (χ3v) is 2.98. The van der Waals surface area contributed by atoms with Crippen molar-refractivity contribution < 1.29 is 18.0 Å². The molecule has 1 rings (SSSR count). The topological polar surface area (TPSA) is 80.9 Å². The molecule has 1 aromatic rings. The number of hydrogen-bond acceptors (Lipinski definition) is 5. The Morgan fingerprint density at radius 1 is 1.41 bits per heavy atom. The maximum atomic E-state index is 12.2. The van der Waals surface area contributed by atoms with Crippen LogP contribution in [0.15, 0.2) is 0 Å². The number of aromatic nitrogens is 2. The Labute approximate surface area is 99.2 Å². The zero-order valence-electron chi connectivity index (χ0n) is 9.08. The molecule has 5 nitrogen and oxygen atoms in total. The normalized spacial score (nSPS) is 15.4. The van der Waals surface area contributed by atoms with Crippen LogP contribution in [0.2, 0.25) is 0 Å². The summed E-state index contributed by atoms with van der Waals surface area (Å²) in [7, 11) is 0. The number of halogens is 3. The number of hydrogen-bond donors (Lipinski definition) is 2. The zero-order chi connectivity index (χ0) is 13.2. The van der Waals surface area contributed by atoms with Gasteiger partial charge in [0.1, 0.15) is 0 Å². The van der Waals surface area contributed by atoms with E-state index in [0.717, 1.165) is 0 Å². The molecule has 0 radical (unpaired) electrons. The second-order valence-corrected chi connectivity index (χ2v) is 4.52. The van der Waals surface area contributed by atoms with Crippen molar-refractivity contribution in [3.05, 3.63) is 5.01 Å². The summed E-state index contributed by atoms with van der Waals surface area (Å²) in [5, 5.41) is 7.14. The first-order valence-electron chi connectivity index (χ1n) is 4.69. The molecule has 3 N–H and O–H groups in total. The summed E-state index contributed by atoms with van der Waals surface area (Å²) in [4.78, 5) is 11.5. The molecule has 0 saturated heterocycles. The zero-order valence-corrected chi connectivity index (χ0v) is 9.89. The van der Waals surface area contributed by atoms with E-state index in [2.05, 4.69) is 15.5 Å². The summed E-state index contributed by atoms with van der Waals surface area (Å²) in [6, 6.07) is -0.398. The molecule has 9 heteroatoms. The van der Waals surface area contributed by atoms with Gasteiger partial charge in [0, 0.05) is 6.04 Å². The molecular weight excluding hydrogens is 257 g/mol. The second-order valence-electron chi connectivity index (χ2n) is 3.55. The van der Waals surface area contributed by atoms with E-state index in [9.17, 15) is 18.0 Å². The summed E-state index contributed by atoms with van der Waals surface area (Å²) in [5.41, 5.74) is 5.49. The van der Waals surface area contributed by atoms with Gasteiger partial charge in [-0.05, 0) is 6.92 Å². The fourth-order valence-corrected chi connectivity index (χ4v) is 1.46. The molecule has 0 aliphatic heterocycles. The quantitative estimate of drug-likeness (QED) is 0.870. The van der Waals surface area contributed by atoms with E-state index in [0.29, 0.717) is 0 Å². The largest absolute Gasteiger partial charge is 0.445 e. The highest BCUT2D eigenvalue weighted by molar-refractivity contribution is 7.15. The Hall–Kier alpha value is -1.22. The molecule has 17 heavy (non-hydrogen) atoms. The van der Waals surface area contributed by atoms with Gasteiger partial charge in [0.05, 0.1) is 5.92 Å². The number of carbonyl (C=O) groups is 1. The van der Waals surface area contributed by atoms with Crippen molar-refractivity contribution >= 4 is 22.4 Å². The molecule has 1 amide bonds. The minimum Gasteiger partial charge on any atom is -0.327 e. The van der Waals surface area contributed by atoms with Crippen molar-refractivity contribution in [3.8, 4) is 0 Å². The van der Waals surface area contributed by atoms with E-state index in [4.69, 9.17) is 5.73 Å². The first kappa shape index (κ1) is 13.8. The van der Waals surface area contributed by atoms with E-state index in [-0.39, 0.29) is 16.5 Å². The minimum atomic E-state index is -4.55. The molecule has 1 heterocycles. The number of amides is 1. The summed E-state index contributed by atoms with van der Waals surface area (Å²) >= 11 is 0.277. The number of alkyl halides is 3. The molecule has 0 aliphatic carbocycles. The van der Waals surface area contributed by atoms with Crippen LogP contribution in [0.3, 0.4) is 0 Å². The lowest BCUT2D eigenvalue weighted by Gasteiger charge is -2.13. The van der Waals surface area contributed by atoms with Gasteiger partial charge in [-0.3, -0.25) is 4.79 Å². The molecule has 0 fully saturated rings. The highest BCUT2D eigenvalue weighted by Gasteiger charge is 2.36. The molecule has 0 saturated carbocycles. The Kier molecular flexibility index (Phi) is 4.04. The molecular formula is C8H11F3N4OS. The maximum Gasteiger partial charge on any atom is 0.445 e. The molecule has 0 bridgehead atoms. The third kappa shape index (κ3) is 3.63. The standard InChI is InChI=1S/C8H11F3N4OS/c1-3(4(2)12)5(16)13-7-15-14-6(17-7)8(9,10)11/h3-4H,12H2,1-2H3,(H,13,15,16). The van der Waals surface area contributed by atoms with Crippen LogP contribution in [-0.4, -0.2) is 22.1 Å². The van der Waals surface area contributed by atoms with E-state index >= 15 is 0 Å². The van der Waals surface area contributed by atoms with Gasteiger partial charge in [0.15, 0.2) is 0 Å². The Morgan fingerprint density at radius 3 is 2.41 bits per heavy atom. The van der Waals surface area contributed by atoms with E-state index in [1.807, 2.05) is 0 Å². The molecule has 2 atom stereocenters. The van der Waals surface area contributed by atoms with Crippen molar-refractivity contribution in [1.29, 1.82) is 0 Å². The van der Waals surface area contributed by atoms with Gasteiger partial charge < -0.3 is 11.1 Å². The van der Waals surface area contributed by atoms with Gasteiger partial charge in [-0.1, -0.05) is 18.3 Å². The molecule has 0 aliphatic rings. The summed E-state index contributed by atoms with van der Waals surface area (Å²) in [6.45, 7) is 3.21. The Balaban J connectivity index is 2.71. The SMILES string of the molecule is CC(N)C(C)C(=O)Nc1nnc(C(F)(F)F)s1. The van der Waals surface area contributed by atoms with Gasteiger partial charge >= 0.3 is 6.18 Å². The third-order valence-electron chi connectivity index (χ3n) is 2.10. The van der Waals surface area contributed by atoms with E-state index in [1.54, 1.807) is 13.8 Å².